The Bertz CT molecular complexity index is 1430. The van der Waals surface area contributed by atoms with Crippen LogP contribution in [-0.2, 0) is 11.2 Å². The minimum atomic E-state index is -0.645. The molecule has 0 aliphatic heterocycles. The number of hydrogen-bond acceptors (Lipinski definition) is 4. The molecular weight excluding hydrogens is 434 g/mol. The minimum Gasteiger partial charge on any atom is -0.361 e. The lowest BCUT2D eigenvalue weighted by Gasteiger charge is -2.14. The number of nitrogens with zero attached hydrogens (tertiary/aromatic N) is 2. The number of H-pyrrole nitrogens is 1. The Hall–Kier alpha value is -3.91. The van der Waals surface area contributed by atoms with Gasteiger partial charge in [-0.05, 0) is 55.3 Å². The second-order valence-corrected chi connectivity index (χ2v) is 8.87. The fourth-order valence-electron chi connectivity index (χ4n) is 3.78. The van der Waals surface area contributed by atoms with Crippen molar-refractivity contribution < 1.29 is 9.59 Å². The summed E-state index contributed by atoms with van der Waals surface area (Å²) in [7, 11) is 0. The summed E-state index contributed by atoms with van der Waals surface area (Å²) in [4.78, 5) is 33.1. The summed E-state index contributed by atoms with van der Waals surface area (Å²) in [6, 6.07) is 16.7. The van der Waals surface area contributed by atoms with Gasteiger partial charge in [0, 0.05) is 41.6 Å². The minimum absolute atomic E-state index is 0.211. The molecule has 3 N–H and O–H groups in total. The van der Waals surface area contributed by atoms with Crippen molar-refractivity contribution in [2.24, 2.45) is 0 Å². The van der Waals surface area contributed by atoms with E-state index in [9.17, 15) is 9.59 Å². The van der Waals surface area contributed by atoms with Crippen molar-refractivity contribution in [1.82, 2.24) is 25.2 Å². The largest absolute Gasteiger partial charge is 0.361 e. The van der Waals surface area contributed by atoms with Crippen LogP contribution >= 0.6 is 11.3 Å². The first-order valence-electron chi connectivity index (χ1n) is 10.8. The molecule has 0 bridgehead atoms. The average Bonchev–Trinajstić information content (AvgIpc) is 3.57. The molecule has 0 radical (unpaired) electrons. The number of amides is 2. The Morgan fingerprint density at radius 1 is 1.12 bits per heavy atom. The molecule has 8 heteroatoms. The number of carbonyl (C=O) groups is 2. The zero-order valence-corrected chi connectivity index (χ0v) is 18.9. The molecule has 0 fully saturated rings. The highest BCUT2D eigenvalue weighted by Gasteiger charge is 2.17. The van der Waals surface area contributed by atoms with E-state index in [0.29, 0.717) is 18.5 Å². The summed E-state index contributed by atoms with van der Waals surface area (Å²) in [5.41, 5.74) is 3.57. The molecule has 1 atom stereocenters. The van der Waals surface area contributed by atoms with E-state index in [0.717, 1.165) is 31.8 Å². The number of aromatic nitrogens is 3. The van der Waals surface area contributed by atoms with Crippen LogP contribution in [0.1, 0.15) is 22.8 Å². The molecule has 0 aliphatic carbocycles. The summed E-state index contributed by atoms with van der Waals surface area (Å²) in [6.07, 6.45) is 6.55. The fraction of sp³-hybridized carbons (Fsp3) is 0.160. The molecule has 2 aromatic carbocycles. The summed E-state index contributed by atoms with van der Waals surface area (Å²) < 4.78 is 2.86. The Kier molecular flexibility index (Phi) is 5.66. The van der Waals surface area contributed by atoms with Crippen LogP contribution in [0.3, 0.4) is 0 Å². The second kappa shape index (κ2) is 8.91. The average molecular weight is 458 g/mol. The molecule has 5 rings (SSSR count). The van der Waals surface area contributed by atoms with Crippen LogP contribution < -0.4 is 10.6 Å². The number of hydrogen-bond donors (Lipinski definition) is 3. The van der Waals surface area contributed by atoms with Crippen molar-refractivity contribution in [1.29, 1.82) is 0 Å². The molecule has 0 unspecified atom stereocenters. The first-order chi connectivity index (χ1) is 16.1. The molecule has 3 aromatic heterocycles. The van der Waals surface area contributed by atoms with E-state index >= 15 is 0 Å². The van der Waals surface area contributed by atoms with Crippen LogP contribution in [0.15, 0.2) is 73.2 Å². The zero-order chi connectivity index (χ0) is 22.8. The van der Waals surface area contributed by atoms with Crippen LogP contribution in [0.25, 0.3) is 26.3 Å². The quantitative estimate of drug-likeness (QED) is 0.344. The molecular formula is C25H23N5O2S. The molecule has 0 aliphatic rings. The topological polar surface area (TPSA) is 91.8 Å². The highest BCUT2D eigenvalue weighted by atomic mass is 32.1. The van der Waals surface area contributed by atoms with E-state index in [2.05, 4.69) is 26.7 Å². The third-order valence-corrected chi connectivity index (χ3v) is 6.61. The molecule has 0 saturated carbocycles. The van der Waals surface area contributed by atoms with Gasteiger partial charge in [-0.15, -0.1) is 0 Å². The van der Waals surface area contributed by atoms with Gasteiger partial charge in [0.15, 0.2) is 5.13 Å². The van der Waals surface area contributed by atoms with Crippen molar-refractivity contribution in [3.05, 3.63) is 84.3 Å². The van der Waals surface area contributed by atoms with Crippen LogP contribution in [-0.4, -0.2) is 38.9 Å². The van der Waals surface area contributed by atoms with Crippen molar-refractivity contribution in [2.75, 3.05) is 6.54 Å². The number of thiazole rings is 1. The van der Waals surface area contributed by atoms with Crippen molar-refractivity contribution in [3.63, 3.8) is 0 Å². The van der Waals surface area contributed by atoms with Gasteiger partial charge in [0.25, 0.3) is 5.91 Å². The van der Waals surface area contributed by atoms with Crippen molar-refractivity contribution in [3.8, 4) is 5.13 Å². The lowest BCUT2D eigenvalue weighted by molar-refractivity contribution is -0.122. The highest BCUT2D eigenvalue weighted by Crippen LogP contribution is 2.26. The summed E-state index contributed by atoms with van der Waals surface area (Å²) >= 11 is 1.51. The Morgan fingerprint density at radius 2 is 1.94 bits per heavy atom. The number of nitrogens with one attached hydrogen (secondary N) is 3. The first kappa shape index (κ1) is 21.0. The Morgan fingerprint density at radius 3 is 2.79 bits per heavy atom. The van der Waals surface area contributed by atoms with Crippen molar-refractivity contribution in [2.45, 2.75) is 19.4 Å². The smallest absolute Gasteiger partial charge is 0.251 e. The van der Waals surface area contributed by atoms with E-state index in [1.807, 2.05) is 65.6 Å². The predicted octanol–water partition coefficient (Wildman–Crippen LogP) is 4.05. The highest BCUT2D eigenvalue weighted by molar-refractivity contribution is 7.20. The van der Waals surface area contributed by atoms with Gasteiger partial charge < -0.3 is 20.2 Å². The van der Waals surface area contributed by atoms with Gasteiger partial charge in [0.05, 0.1) is 10.2 Å². The SMILES string of the molecule is C[C@H](NC(=O)c1ccc2nc(-n3cccc3)sc2c1)C(=O)NCCc1c[nH]c2ccccc12. The van der Waals surface area contributed by atoms with E-state index < -0.39 is 6.04 Å². The van der Waals surface area contributed by atoms with Crippen LogP contribution in [0, 0.1) is 0 Å². The Labute approximate surface area is 194 Å². The molecule has 3 heterocycles. The molecule has 33 heavy (non-hydrogen) atoms. The van der Waals surface area contributed by atoms with Gasteiger partial charge in [-0.3, -0.25) is 9.59 Å². The number of fused-ring (bicyclic) bond motifs is 2. The van der Waals surface area contributed by atoms with E-state index in [-0.39, 0.29) is 11.8 Å². The number of benzene rings is 2. The third kappa shape index (κ3) is 4.38. The molecule has 7 nitrogen and oxygen atoms in total. The molecule has 0 spiro atoms. The number of para-hydroxylation sites is 1. The number of rotatable bonds is 7. The number of aromatic amines is 1. The third-order valence-electron chi connectivity index (χ3n) is 5.57. The Balaban J connectivity index is 1.18. The van der Waals surface area contributed by atoms with Crippen LogP contribution in [0.2, 0.25) is 0 Å². The first-order valence-corrected chi connectivity index (χ1v) is 11.6. The lowest BCUT2D eigenvalue weighted by Crippen LogP contribution is -2.45. The fourth-order valence-corrected chi connectivity index (χ4v) is 4.76. The van der Waals surface area contributed by atoms with Gasteiger partial charge in [-0.2, -0.15) is 0 Å². The maximum atomic E-state index is 12.7. The summed E-state index contributed by atoms with van der Waals surface area (Å²) in [5, 5.41) is 7.70. The normalized spacial score (nSPS) is 12.2. The van der Waals surface area contributed by atoms with Crippen molar-refractivity contribution >= 4 is 44.3 Å². The summed E-state index contributed by atoms with van der Waals surface area (Å²) in [6.45, 7) is 2.18. The van der Waals surface area contributed by atoms with Crippen LogP contribution in [0.5, 0.6) is 0 Å². The maximum absolute atomic E-state index is 12.7. The van der Waals surface area contributed by atoms with Gasteiger partial charge in [-0.25, -0.2) is 4.98 Å². The van der Waals surface area contributed by atoms with E-state index in [1.165, 1.54) is 11.3 Å². The van der Waals surface area contributed by atoms with Gasteiger partial charge in [0.2, 0.25) is 5.91 Å². The van der Waals surface area contributed by atoms with E-state index in [1.54, 1.807) is 13.0 Å². The second-order valence-electron chi connectivity index (χ2n) is 7.86. The zero-order valence-electron chi connectivity index (χ0n) is 18.0. The molecule has 166 valence electrons. The lowest BCUT2D eigenvalue weighted by atomic mass is 10.1. The van der Waals surface area contributed by atoms with Gasteiger partial charge >= 0.3 is 0 Å². The molecule has 5 aromatic rings. The molecule has 0 saturated heterocycles. The summed E-state index contributed by atoms with van der Waals surface area (Å²) in [5.74, 6) is -0.496. The van der Waals surface area contributed by atoms with Crippen LogP contribution in [0.4, 0.5) is 0 Å². The maximum Gasteiger partial charge on any atom is 0.251 e. The predicted molar refractivity (Wildman–Crippen MR) is 131 cm³/mol. The van der Waals surface area contributed by atoms with E-state index in [4.69, 9.17) is 0 Å². The monoisotopic (exact) mass is 457 g/mol. The number of carbonyl (C=O) groups excluding carboxylic acids is 2. The molecule has 2 amide bonds. The van der Waals surface area contributed by atoms with Gasteiger partial charge in [-0.1, -0.05) is 29.5 Å². The standard InChI is InChI=1S/C25H23N5O2S/c1-16(23(31)26-11-10-18-15-27-20-7-3-2-6-19(18)20)28-24(32)17-8-9-21-22(14-17)33-25(29-21)30-12-4-5-13-30/h2-9,12-16,27H,10-11H2,1H3,(H,26,31)(H,28,32)/t16-/m0/s1. The van der Waals surface area contributed by atoms with Gasteiger partial charge in [0.1, 0.15) is 6.04 Å².